The highest BCUT2D eigenvalue weighted by atomic mass is 79.9. The summed E-state index contributed by atoms with van der Waals surface area (Å²) >= 11 is 7.87. The fraction of sp³-hybridized carbons (Fsp3) is 0.154. The van der Waals surface area contributed by atoms with Crippen molar-refractivity contribution >= 4 is 60.8 Å². The van der Waals surface area contributed by atoms with E-state index in [1.165, 1.54) is 4.90 Å². The molecule has 0 bridgehead atoms. The van der Waals surface area contributed by atoms with Crippen molar-refractivity contribution in [2.24, 2.45) is 0 Å². The summed E-state index contributed by atoms with van der Waals surface area (Å²) in [5, 5.41) is -0.321. The van der Waals surface area contributed by atoms with Crippen LogP contribution in [0.1, 0.15) is 11.1 Å². The number of para-hydroxylation sites is 1. The Morgan fingerprint density at radius 1 is 0.971 bits per heavy atom. The molecular weight excluding hydrogens is 598 g/mol. The topological polar surface area (TPSA) is 65.1 Å². The van der Waals surface area contributed by atoms with E-state index in [-0.39, 0.29) is 24.3 Å². The van der Waals surface area contributed by atoms with Gasteiger partial charge in [0.05, 0.1) is 23.0 Å². The SMILES string of the molecule is COc1cc(/C=C2\SC(=O)N(CCOc3ccccc3)C2=O)cc(Br)c1OCc1ccc(Br)cc1. The smallest absolute Gasteiger partial charge is 0.293 e. The minimum absolute atomic E-state index is 0.173. The van der Waals surface area contributed by atoms with Gasteiger partial charge in [-0.25, -0.2) is 0 Å². The van der Waals surface area contributed by atoms with Gasteiger partial charge in [-0.05, 0) is 81.3 Å². The van der Waals surface area contributed by atoms with Crippen molar-refractivity contribution in [3.8, 4) is 17.2 Å². The second kappa shape index (κ2) is 11.8. The maximum Gasteiger partial charge on any atom is 0.293 e. The summed E-state index contributed by atoms with van der Waals surface area (Å²) in [6, 6.07) is 20.7. The molecule has 0 atom stereocenters. The molecule has 0 radical (unpaired) electrons. The number of hydrogen-bond acceptors (Lipinski definition) is 6. The Balaban J connectivity index is 1.44. The lowest BCUT2D eigenvalue weighted by molar-refractivity contribution is -0.123. The molecule has 0 aliphatic carbocycles. The molecule has 1 aliphatic heterocycles. The molecule has 0 aromatic heterocycles. The first-order chi connectivity index (χ1) is 16.9. The van der Waals surface area contributed by atoms with Gasteiger partial charge in [-0.15, -0.1) is 0 Å². The average Bonchev–Trinajstić information content (AvgIpc) is 3.12. The van der Waals surface area contributed by atoms with Crippen LogP contribution in [0.3, 0.4) is 0 Å². The standard InChI is InChI=1S/C26H21Br2NO5S/c1-32-22-14-18(13-21(28)24(22)34-16-17-7-9-19(27)10-8-17)15-23-25(30)29(26(31)35-23)11-12-33-20-5-3-2-4-6-20/h2-10,13-15H,11-12,16H2,1H3/b23-15-. The number of hydrogen-bond donors (Lipinski definition) is 0. The van der Waals surface area contributed by atoms with Crippen LogP contribution in [0.15, 0.2) is 80.6 Å². The maximum absolute atomic E-state index is 12.8. The Morgan fingerprint density at radius 2 is 1.71 bits per heavy atom. The van der Waals surface area contributed by atoms with E-state index in [9.17, 15) is 9.59 Å². The van der Waals surface area contributed by atoms with Crippen molar-refractivity contribution in [1.29, 1.82) is 0 Å². The Hall–Kier alpha value is -2.75. The van der Waals surface area contributed by atoms with Gasteiger partial charge in [0.2, 0.25) is 0 Å². The number of rotatable bonds is 9. The van der Waals surface area contributed by atoms with Gasteiger partial charge < -0.3 is 14.2 Å². The molecule has 1 saturated heterocycles. The molecule has 9 heteroatoms. The van der Waals surface area contributed by atoms with Crippen molar-refractivity contribution in [3.05, 3.63) is 91.7 Å². The summed E-state index contributed by atoms with van der Waals surface area (Å²) in [6.07, 6.45) is 1.68. The molecule has 1 aliphatic rings. The Morgan fingerprint density at radius 3 is 2.43 bits per heavy atom. The molecule has 0 N–H and O–H groups in total. The molecule has 3 aromatic rings. The Labute approximate surface area is 224 Å². The van der Waals surface area contributed by atoms with Crippen LogP contribution < -0.4 is 14.2 Å². The fourth-order valence-corrected chi connectivity index (χ4v) is 5.02. The van der Waals surface area contributed by atoms with Crippen LogP contribution in [0.5, 0.6) is 17.2 Å². The lowest BCUT2D eigenvalue weighted by Gasteiger charge is -2.14. The van der Waals surface area contributed by atoms with Gasteiger partial charge in [-0.2, -0.15) is 0 Å². The monoisotopic (exact) mass is 617 g/mol. The third kappa shape index (κ3) is 6.48. The Bertz CT molecular complexity index is 1250. The van der Waals surface area contributed by atoms with E-state index in [1.54, 1.807) is 19.3 Å². The normalized spacial score (nSPS) is 14.5. The molecule has 1 heterocycles. The van der Waals surface area contributed by atoms with Crippen molar-refractivity contribution in [2.75, 3.05) is 20.3 Å². The second-order valence-electron chi connectivity index (χ2n) is 7.44. The van der Waals surface area contributed by atoms with E-state index in [0.29, 0.717) is 38.8 Å². The zero-order valence-corrected chi connectivity index (χ0v) is 22.7. The largest absolute Gasteiger partial charge is 0.493 e. The van der Waals surface area contributed by atoms with Crippen molar-refractivity contribution < 1.29 is 23.8 Å². The van der Waals surface area contributed by atoms with Gasteiger partial charge in [-0.1, -0.05) is 46.3 Å². The van der Waals surface area contributed by atoms with Crippen LogP contribution in [0.4, 0.5) is 4.79 Å². The first kappa shape index (κ1) is 25.3. The van der Waals surface area contributed by atoms with E-state index in [4.69, 9.17) is 14.2 Å². The van der Waals surface area contributed by atoms with Gasteiger partial charge in [0, 0.05) is 4.47 Å². The zero-order valence-electron chi connectivity index (χ0n) is 18.7. The molecule has 1 fully saturated rings. The molecule has 0 saturated carbocycles. The van der Waals surface area contributed by atoms with Crippen LogP contribution in [0.2, 0.25) is 0 Å². The van der Waals surface area contributed by atoms with Crippen LogP contribution >= 0.6 is 43.6 Å². The van der Waals surface area contributed by atoms with Gasteiger partial charge in [0.15, 0.2) is 11.5 Å². The Kier molecular flexibility index (Phi) is 8.54. The van der Waals surface area contributed by atoms with Crippen LogP contribution in [0.25, 0.3) is 6.08 Å². The van der Waals surface area contributed by atoms with E-state index in [1.807, 2.05) is 60.7 Å². The molecule has 180 valence electrons. The van der Waals surface area contributed by atoms with Gasteiger partial charge >= 0.3 is 0 Å². The molecule has 3 aromatic carbocycles. The summed E-state index contributed by atoms with van der Waals surface area (Å²) in [4.78, 5) is 26.8. The zero-order chi connectivity index (χ0) is 24.8. The van der Waals surface area contributed by atoms with Gasteiger partial charge in [0.25, 0.3) is 11.1 Å². The van der Waals surface area contributed by atoms with E-state index in [0.717, 1.165) is 21.8 Å². The van der Waals surface area contributed by atoms with Crippen LogP contribution in [-0.2, 0) is 11.4 Å². The molecule has 35 heavy (non-hydrogen) atoms. The highest BCUT2D eigenvalue weighted by Crippen LogP contribution is 2.39. The van der Waals surface area contributed by atoms with Crippen LogP contribution in [-0.4, -0.2) is 36.3 Å². The van der Waals surface area contributed by atoms with E-state index >= 15 is 0 Å². The first-order valence-corrected chi connectivity index (χ1v) is 13.0. The quantitative estimate of drug-likeness (QED) is 0.243. The summed E-state index contributed by atoms with van der Waals surface area (Å²) in [5.74, 6) is 1.41. The third-order valence-corrected chi connectivity index (χ3v) is 7.07. The minimum atomic E-state index is -0.345. The van der Waals surface area contributed by atoms with Crippen LogP contribution in [0, 0.1) is 0 Å². The summed E-state index contributed by atoms with van der Waals surface area (Å²) in [7, 11) is 1.55. The number of ether oxygens (including phenoxy) is 3. The number of thioether (sulfide) groups is 1. The molecule has 2 amide bonds. The van der Waals surface area contributed by atoms with E-state index < -0.39 is 0 Å². The van der Waals surface area contributed by atoms with Gasteiger partial charge in [-0.3, -0.25) is 14.5 Å². The second-order valence-corrected chi connectivity index (χ2v) is 10.2. The average molecular weight is 619 g/mol. The summed E-state index contributed by atoms with van der Waals surface area (Å²) in [6.45, 7) is 0.761. The number of amides is 2. The van der Waals surface area contributed by atoms with Crippen molar-refractivity contribution in [2.45, 2.75) is 6.61 Å². The highest BCUT2D eigenvalue weighted by molar-refractivity contribution is 9.10. The number of halogens is 2. The summed E-state index contributed by atoms with van der Waals surface area (Å²) in [5.41, 5.74) is 1.71. The predicted octanol–water partition coefficient (Wildman–Crippen LogP) is 6.91. The third-order valence-electron chi connectivity index (χ3n) is 5.05. The minimum Gasteiger partial charge on any atom is -0.493 e. The molecule has 4 rings (SSSR count). The lowest BCUT2D eigenvalue weighted by atomic mass is 10.1. The number of methoxy groups -OCH3 is 1. The number of carbonyl (C=O) groups excluding carboxylic acids is 2. The van der Waals surface area contributed by atoms with Crippen molar-refractivity contribution in [1.82, 2.24) is 4.90 Å². The molecule has 0 unspecified atom stereocenters. The van der Waals surface area contributed by atoms with Crippen molar-refractivity contribution in [3.63, 3.8) is 0 Å². The summed E-state index contributed by atoms with van der Waals surface area (Å²) < 4.78 is 18.8. The number of carbonyl (C=O) groups is 2. The first-order valence-electron chi connectivity index (χ1n) is 10.6. The number of benzene rings is 3. The fourth-order valence-electron chi connectivity index (χ4n) is 3.31. The maximum atomic E-state index is 12.8. The molecule has 0 spiro atoms. The molecular formula is C26H21Br2NO5S. The highest BCUT2D eigenvalue weighted by Gasteiger charge is 2.34. The molecule has 6 nitrogen and oxygen atoms in total. The number of nitrogens with zero attached hydrogens (tertiary/aromatic N) is 1. The number of imide groups is 1. The predicted molar refractivity (Wildman–Crippen MR) is 144 cm³/mol. The van der Waals surface area contributed by atoms with E-state index in [2.05, 4.69) is 31.9 Å². The van der Waals surface area contributed by atoms with Gasteiger partial charge in [0.1, 0.15) is 19.0 Å². The lowest BCUT2D eigenvalue weighted by Crippen LogP contribution is -2.32.